The maximum Gasteiger partial charge on any atom is 0.334 e. The third kappa shape index (κ3) is 8.57. The van der Waals surface area contributed by atoms with E-state index in [0.717, 1.165) is 0 Å². The number of hydrogen-bond donors (Lipinski definition) is 6. The lowest BCUT2D eigenvalue weighted by atomic mass is 10.2. The number of carbonyl (C=O) groups excluding carboxylic acids is 3. The van der Waals surface area contributed by atoms with Gasteiger partial charge in [0.05, 0.1) is 6.33 Å². The second-order valence-electron chi connectivity index (χ2n) is 5.92. The second-order valence-corrected chi connectivity index (χ2v) is 5.92. The van der Waals surface area contributed by atoms with E-state index in [9.17, 15) is 14.4 Å². The molecule has 0 amide bonds. The highest BCUT2D eigenvalue weighted by molar-refractivity contribution is 5.91. The number of carbonyl (C=O) groups is 3. The Morgan fingerprint density at radius 2 is 1.75 bits per heavy atom. The van der Waals surface area contributed by atoms with Gasteiger partial charge in [0.25, 0.3) is 0 Å². The molecule has 0 spiro atoms. The van der Waals surface area contributed by atoms with Crippen LogP contribution in [0.15, 0.2) is 17.5 Å². The van der Waals surface area contributed by atoms with Gasteiger partial charge in [-0.2, -0.15) is 0 Å². The highest BCUT2D eigenvalue weighted by atomic mass is 16.6. The van der Waals surface area contributed by atoms with E-state index in [-0.39, 0.29) is 18.8 Å². The number of aromatic amines is 1. The van der Waals surface area contributed by atoms with Crippen LogP contribution in [0.3, 0.4) is 0 Å². The Kier molecular flexibility index (Phi) is 9.56. The molecule has 0 aliphatic rings. The van der Waals surface area contributed by atoms with Crippen molar-refractivity contribution in [2.24, 2.45) is 33.7 Å². The molecule has 13 heteroatoms. The SMILES string of the molecule is NC(N)=NCCC[C@H](N)C(=O)OC[C@H](N)C(=O)OC(=O)[C@@H](N)Cc1cnc[nH]1. The van der Waals surface area contributed by atoms with Crippen LogP contribution >= 0.6 is 0 Å². The molecule has 28 heavy (non-hydrogen) atoms. The van der Waals surface area contributed by atoms with E-state index in [0.29, 0.717) is 18.7 Å². The summed E-state index contributed by atoms with van der Waals surface area (Å²) in [6.45, 7) is -0.182. The van der Waals surface area contributed by atoms with E-state index < -0.39 is 42.6 Å². The molecule has 0 radical (unpaired) electrons. The van der Waals surface area contributed by atoms with Gasteiger partial charge in [0.15, 0.2) is 5.96 Å². The highest BCUT2D eigenvalue weighted by Gasteiger charge is 2.25. The summed E-state index contributed by atoms with van der Waals surface area (Å²) in [6, 6.07) is -3.37. The average Bonchev–Trinajstić information content (AvgIpc) is 3.15. The molecular weight excluding hydrogens is 372 g/mol. The van der Waals surface area contributed by atoms with Crippen LogP contribution in [0.4, 0.5) is 0 Å². The molecule has 0 fully saturated rings. The van der Waals surface area contributed by atoms with Gasteiger partial charge in [-0.15, -0.1) is 0 Å². The number of nitrogens with one attached hydrogen (secondary N) is 1. The number of nitrogens with two attached hydrogens (primary N) is 5. The average molecular weight is 398 g/mol. The summed E-state index contributed by atoms with van der Waals surface area (Å²) in [7, 11) is 0. The van der Waals surface area contributed by atoms with Crippen LogP contribution in [0, 0.1) is 0 Å². The number of H-pyrrole nitrogens is 1. The zero-order valence-corrected chi connectivity index (χ0v) is 15.2. The third-order valence-electron chi connectivity index (χ3n) is 3.48. The van der Waals surface area contributed by atoms with E-state index in [1.807, 2.05) is 0 Å². The Morgan fingerprint density at radius 1 is 1.07 bits per heavy atom. The number of esters is 3. The fraction of sp³-hybridized carbons (Fsp3) is 0.533. The van der Waals surface area contributed by atoms with Crippen molar-refractivity contribution in [2.75, 3.05) is 13.2 Å². The van der Waals surface area contributed by atoms with Crippen LogP contribution < -0.4 is 28.7 Å². The number of rotatable bonds is 11. The van der Waals surface area contributed by atoms with Crippen LogP contribution in [-0.4, -0.2) is 65.1 Å². The summed E-state index contributed by atoms with van der Waals surface area (Å²) in [6.07, 6.45) is 3.75. The van der Waals surface area contributed by atoms with Gasteiger partial charge < -0.3 is 43.1 Å². The van der Waals surface area contributed by atoms with Gasteiger partial charge in [-0.25, -0.2) is 14.6 Å². The van der Waals surface area contributed by atoms with Crippen molar-refractivity contribution in [3.05, 3.63) is 18.2 Å². The first-order valence-electron chi connectivity index (χ1n) is 8.42. The zero-order valence-electron chi connectivity index (χ0n) is 15.2. The van der Waals surface area contributed by atoms with Gasteiger partial charge >= 0.3 is 17.9 Å². The minimum atomic E-state index is -1.36. The molecule has 13 nitrogen and oxygen atoms in total. The van der Waals surface area contributed by atoms with Gasteiger partial charge in [0, 0.05) is 24.9 Å². The van der Waals surface area contributed by atoms with E-state index in [1.165, 1.54) is 12.5 Å². The number of ether oxygens (including phenoxy) is 2. The number of hydrogen-bond acceptors (Lipinski definition) is 10. The van der Waals surface area contributed by atoms with Gasteiger partial charge in [0.2, 0.25) is 0 Å². The van der Waals surface area contributed by atoms with Gasteiger partial charge in [-0.3, -0.25) is 9.79 Å². The molecule has 0 unspecified atom stereocenters. The summed E-state index contributed by atoms with van der Waals surface area (Å²) in [5.74, 6) is -2.84. The van der Waals surface area contributed by atoms with Crippen LogP contribution in [0.1, 0.15) is 18.5 Å². The van der Waals surface area contributed by atoms with E-state index in [4.69, 9.17) is 33.4 Å². The zero-order chi connectivity index (χ0) is 21.1. The fourth-order valence-electron chi connectivity index (χ4n) is 1.95. The van der Waals surface area contributed by atoms with Crippen LogP contribution in [-0.2, 0) is 30.3 Å². The van der Waals surface area contributed by atoms with Crippen molar-refractivity contribution >= 4 is 23.9 Å². The monoisotopic (exact) mass is 398 g/mol. The van der Waals surface area contributed by atoms with E-state index in [2.05, 4.69) is 19.7 Å². The molecule has 0 saturated carbocycles. The number of imidazole rings is 1. The van der Waals surface area contributed by atoms with E-state index >= 15 is 0 Å². The normalized spacial score (nSPS) is 13.8. The lowest BCUT2D eigenvalue weighted by molar-refractivity contribution is -0.163. The molecule has 0 aliphatic carbocycles. The van der Waals surface area contributed by atoms with Crippen molar-refractivity contribution in [3.8, 4) is 0 Å². The molecule has 0 bridgehead atoms. The molecule has 1 aromatic rings. The predicted octanol–water partition coefficient (Wildman–Crippen LogP) is -3.40. The Hall–Kier alpha value is -3.03. The van der Waals surface area contributed by atoms with Crippen LogP contribution in [0.25, 0.3) is 0 Å². The van der Waals surface area contributed by atoms with Crippen molar-refractivity contribution in [1.82, 2.24) is 9.97 Å². The van der Waals surface area contributed by atoms with Crippen molar-refractivity contribution in [2.45, 2.75) is 37.4 Å². The molecule has 11 N–H and O–H groups in total. The first-order chi connectivity index (χ1) is 13.2. The lowest BCUT2D eigenvalue weighted by Crippen LogP contribution is -2.44. The first kappa shape index (κ1) is 23.0. The fourth-order valence-corrected chi connectivity index (χ4v) is 1.95. The Balaban J connectivity index is 2.31. The largest absolute Gasteiger partial charge is 0.462 e. The molecule has 0 aliphatic heterocycles. The van der Waals surface area contributed by atoms with E-state index in [1.54, 1.807) is 0 Å². The summed E-state index contributed by atoms with van der Waals surface area (Å²) in [5, 5.41) is 0. The Morgan fingerprint density at radius 3 is 2.36 bits per heavy atom. The van der Waals surface area contributed by atoms with Crippen LogP contribution in [0.5, 0.6) is 0 Å². The highest BCUT2D eigenvalue weighted by Crippen LogP contribution is 2.01. The smallest absolute Gasteiger partial charge is 0.334 e. The minimum absolute atomic E-state index is 0.0561. The maximum atomic E-state index is 11.8. The number of nitrogens with zero attached hydrogens (tertiary/aromatic N) is 2. The second kappa shape index (κ2) is 11.6. The lowest BCUT2D eigenvalue weighted by Gasteiger charge is -2.15. The maximum absolute atomic E-state index is 11.8. The summed E-state index contributed by atoms with van der Waals surface area (Å²) in [5.41, 5.74) is 27.8. The molecule has 0 saturated heterocycles. The third-order valence-corrected chi connectivity index (χ3v) is 3.48. The summed E-state index contributed by atoms with van der Waals surface area (Å²) in [4.78, 5) is 45.7. The predicted molar refractivity (Wildman–Crippen MR) is 98.2 cm³/mol. The first-order valence-corrected chi connectivity index (χ1v) is 8.42. The molecule has 0 aromatic carbocycles. The molecular formula is C15H26N8O5. The van der Waals surface area contributed by atoms with Gasteiger partial charge in [-0.05, 0) is 12.8 Å². The molecule has 1 heterocycles. The summed E-state index contributed by atoms with van der Waals surface area (Å²) < 4.78 is 9.46. The van der Waals surface area contributed by atoms with Crippen molar-refractivity contribution < 1.29 is 23.9 Å². The van der Waals surface area contributed by atoms with Crippen LogP contribution in [0.2, 0.25) is 0 Å². The summed E-state index contributed by atoms with van der Waals surface area (Å²) >= 11 is 0. The molecule has 1 rings (SSSR count). The van der Waals surface area contributed by atoms with Gasteiger partial charge in [0.1, 0.15) is 24.7 Å². The standard InChI is InChI=1S/C15H26N8O5/c16-9(2-1-3-22-15(19)20)12(24)27-6-11(18)14(26)28-13(25)10(17)4-8-5-21-7-23-8/h5,7,9-11H,1-4,6,16-18H2,(H,21,23)(H4,19,20,22)/t9-,10-,11-/m0/s1. The molecule has 1 aromatic heterocycles. The number of guanidine groups is 1. The number of aromatic nitrogens is 2. The molecule has 156 valence electrons. The quantitative estimate of drug-likeness (QED) is 0.0705. The Labute approximate surface area is 161 Å². The minimum Gasteiger partial charge on any atom is -0.462 e. The topological polar surface area (TPSA) is 241 Å². The number of aliphatic imine (C=N–C) groups is 1. The molecule has 3 atom stereocenters. The Bertz CT molecular complexity index is 674. The van der Waals surface area contributed by atoms with Crippen molar-refractivity contribution in [1.29, 1.82) is 0 Å². The van der Waals surface area contributed by atoms with Crippen molar-refractivity contribution in [3.63, 3.8) is 0 Å². The van der Waals surface area contributed by atoms with Gasteiger partial charge in [-0.1, -0.05) is 0 Å².